The van der Waals surface area contributed by atoms with Crippen molar-refractivity contribution in [2.24, 2.45) is 40.9 Å². The molecule has 8 aromatic rings. The summed E-state index contributed by atoms with van der Waals surface area (Å²) in [7, 11) is 3.98. The van der Waals surface area contributed by atoms with Gasteiger partial charge in [-0.2, -0.15) is 0 Å². The van der Waals surface area contributed by atoms with E-state index in [0.717, 1.165) is 140 Å². The molecule has 4 atom stereocenters. The maximum Gasteiger partial charge on any atom is 1.00 e. The number of ether oxygens (including phenoxy) is 2. The third kappa shape index (κ3) is 49.9. The van der Waals surface area contributed by atoms with E-state index in [9.17, 15) is 19.2 Å². The summed E-state index contributed by atoms with van der Waals surface area (Å²) in [5.74, 6) is 3.63. The topological polar surface area (TPSA) is 214 Å². The Bertz CT molecular complexity index is 4000. The van der Waals surface area contributed by atoms with Crippen LogP contribution in [0.5, 0.6) is 0 Å². The largest absolute Gasteiger partial charge is 1.00 e. The van der Waals surface area contributed by atoms with Gasteiger partial charge in [-0.15, -0.1) is 24.8 Å². The molecule has 5 saturated heterocycles. The molecule has 16 nitrogen and oxygen atoms in total. The number of rotatable bonds is 33. The molecule has 0 spiro atoms. The van der Waals surface area contributed by atoms with Crippen LogP contribution in [0.3, 0.4) is 0 Å². The molecule has 0 unspecified atom stereocenters. The SMILES string of the molecule is C1CCOC1.CC(C)(C)OC(=O)N[C@@H](CCC(=O)N1CCC(Cc2ccccc2)CC1)Cc1ccccc1.CN(C)CCNC(=O)CC[C@H](N)Cc1ccccc1.Cl.Cl.N[C@@H](CCC(=O)N1CCC(Cc2ccccc2)CC1)Cc1ccccc1.N[C@@H](CCCN1CCC(Cc2ccccc2)CC1)Cc1ccccc1.[AlH3].[H-].[Li+].c1ccc(CC2CCNCC2)cc1. The number of hydrogen-bond donors (Lipinski definition) is 6. The number of nitrogens with zero attached hydrogens (tertiary/aromatic N) is 4. The smallest absolute Gasteiger partial charge is 1.00 e. The van der Waals surface area contributed by atoms with Gasteiger partial charge in [-0.3, -0.25) is 14.4 Å². The third-order valence-corrected chi connectivity index (χ3v) is 23.6. The number of alkyl carbamates (subject to hydrolysis) is 1. The summed E-state index contributed by atoms with van der Waals surface area (Å²) in [6.45, 7) is 18.7. The molecule has 0 saturated carbocycles. The Morgan fingerprint density at radius 2 is 0.760 bits per heavy atom. The van der Waals surface area contributed by atoms with Gasteiger partial charge >= 0.3 is 25.0 Å². The van der Waals surface area contributed by atoms with Crippen LogP contribution in [0, 0.1) is 23.7 Å². The van der Waals surface area contributed by atoms with Gasteiger partial charge in [0.25, 0.3) is 0 Å². The summed E-state index contributed by atoms with van der Waals surface area (Å²) in [6.07, 6.45) is 25.8. The van der Waals surface area contributed by atoms with Gasteiger partial charge in [0.05, 0.1) is 0 Å². The van der Waals surface area contributed by atoms with Crippen LogP contribution >= 0.6 is 24.8 Å². The van der Waals surface area contributed by atoms with Gasteiger partial charge in [0, 0.05) is 95.9 Å². The van der Waals surface area contributed by atoms with Gasteiger partial charge in [0.1, 0.15) is 5.60 Å². The minimum absolute atomic E-state index is 0. The number of nitrogens with one attached hydrogen (secondary N) is 3. The van der Waals surface area contributed by atoms with Crippen LogP contribution in [0.2, 0.25) is 0 Å². The predicted molar refractivity (Wildman–Crippen MR) is 526 cm³/mol. The first-order chi connectivity index (χ1) is 58.8. The minimum Gasteiger partial charge on any atom is -1.00 e. The van der Waals surface area contributed by atoms with E-state index >= 15 is 0 Å². The van der Waals surface area contributed by atoms with Crippen molar-refractivity contribution >= 4 is 66.0 Å². The van der Waals surface area contributed by atoms with Gasteiger partial charge in [-0.1, -0.05) is 243 Å². The molecule has 8 aromatic carbocycles. The van der Waals surface area contributed by atoms with E-state index in [1.54, 1.807) is 0 Å². The summed E-state index contributed by atoms with van der Waals surface area (Å²) in [5.41, 5.74) is 28.7. The molecule has 0 aliphatic carbocycles. The average molecular weight is 1760 g/mol. The number of carbonyl (C=O) groups is 4. The summed E-state index contributed by atoms with van der Waals surface area (Å²) in [4.78, 5) is 58.1. The Morgan fingerprint density at radius 3 is 1.10 bits per heavy atom. The first-order valence-electron chi connectivity index (χ1n) is 45.9. The van der Waals surface area contributed by atoms with E-state index in [4.69, 9.17) is 26.7 Å². The molecule has 0 radical (unpaired) electrons. The van der Waals surface area contributed by atoms with Crippen molar-refractivity contribution < 1.29 is 48.9 Å². The van der Waals surface area contributed by atoms with Crippen LogP contribution in [0.25, 0.3) is 0 Å². The van der Waals surface area contributed by atoms with E-state index in [-0.39, 0.29) is 104 Å². The zero-order valence-corrected chi connectivity index (χ0v) is 77.7. The summed E-state index contributed by atoms with van der Waals surface area (Å²) >= 11 is 0. The fourth-order valence-corrected chi connectivity index (χ4v) is 16.6. The molecule has 5 fully saturated rings. The second-order valence-electron chi connectivity index (χ2n) is 35.5. The van der Waals surface area contributed by atoms with Crippen LogP contribution in [-0.2, 0) is 75.2 Å². The molecule has 5 aliphatic rings. The normalized spacial score (nSPS) is 15.8. The van der Waals surface area contributed by atoms with E-state index in [1.165, 1.54) is 129 Å². The zero-order valence-electron chi connectivity index (χ0n) is 77.1. The monoisotopic (exact) mass is 1760 g/mol. The predicted octanol–water partition coefficient (Wildman–Crippen LogP) is 14.3. The molecule has 13 rings (SSSR count). The van der Waals surface area contributed by atoms with Crippen LogP contribution in [0.1, 0.15) is 182 Å². The molecule has 5 heterocycles. The maximum absolute atomic E-state index is 12.9. The van der Waals surface area contributed by atoms with Gasteiger partial charge < -0.3 is 63.7 Å². The fraction of sp³-hybridized carbons (Fsp3) is 0.505. The Balaban J connectivity index is 0.000000405. The molecular formula is C105H156AlCl2LiN10O6. The van der Waals surface area contributed by atoms with Gasteiger partial charge in [0.2, 0.25) is 17.7 Å². The standard InChI is InChI=1S/C28H38N2O3.C23H30N2O.C23H32N2.C15H25N3O.C12H17N.C4H8O.Al.2ClH.Li.4H/c1-28(2,3)33-27(32)29-25(21-23-12-8-5-9-13-23)14-15-26(31)30-18-16-24(17-19-30)20-22-10-6-4-7-11-22;24-22(18-20-9-5-2-6-10-20)11-12-23(26)25-15-13-21(14-16-25)17-19-7-3-1-4-8-19;24-23(19-21-10-5-2-6-11-21)12-7-15-25-16-13-22(14-17-25)18-20-8-3-1-4-9-20;1-18(2)11-10-17-15(19)9-8-14(16)12-13-6-4-3-5-7-13;1-2-4-11(5-3-1)10-12-6-8-13-9-7-12;1-2-4-5-3-1;;;;;;;;/h4-13,24-25H,14-21H2,1-3H3,(H,29,32);1-10,21-22H,11-18,24H2;1-6,8-11,22-23H,7,12-19,24H2;3-7,14H,8-12,16H2,1-2H3,(H,17,19);1-5,12-13H,6-10H2;1-4H2;;2*1H;;;;;/q;;;;;;;;;+1;;;;-1/t25-;22-;23-;14-;;;;;;;;;;/m0000........../s1. The number of halogens is 2. The van der Waals surface area contributed by atoms with E-state index < -0.39 is 11.7 Å². The Kier molecular flexibility index (Phi) is 57.7. The summed E-state index contributed by atoms with van der Waals surface area (Å²) in [5, 5.41) is 9.28. The van der Waals surface area contributed by atoms with Crippen molar-refractivity contribution in [3.63, 3.8) is 0 Å². The number of benzene rings is 8. The molecule has 680 valence electrons. The maximum atomic E-state index is 12.9. The zero-order chi connectivity index (χ0) is 85.8. The van der Waals surface area contributed by atoms with Crippen molar-refractivity contribution in [1.82, 2.24) is 35.6 Å². The number of amides is 4. The van der Waals surface area contributed by atoms with Crippen molar-refractivity contribution in [3.05, 3.63) is 287 Å². The van der Waals surface area contributed by atoms with Crippen molar-refractivity contribution in [2.75, 3.05) is 99.3 Å². The molecular weight excluding hydrogens is 1600 g/mol. The number of nitrogens with two attached hydrogens (primary N) is 3. The second kappa shape index (κ2) is 65.4. The van der Waals surface area contributed by atoms with Crippen LogP contribution < -0.4 is 52.0 Å². The van der Waals surface area contributed by atoms with Crippen LogP contribution in [0.15, 0.2) is 243 Å². The Hall–Kier alpha value is -7.13. The van der Waals surface area contributed by atoms with Crippen LogP contribution in [0.4, 0.5) is 4.79 Å². The second-order valence-corrected chi connectivity index (χ2v) is 35.5. The van der Waals surface area contributed by atoms with Crippen molar-refractivity contribution in [2.45, 2.75) is 217 Å². The van der Waals surface area contributed by atoms with E-state index in [0.29, 0.717) is 50.5 Å². The van der Waals surface area contributed by atoms with Crippen molar-refractivity contribution in [1.29, 1.82) is 0 Å². The molecule has 20 heteroatoms. The van der Waals surface area contributed by atoms with Crippen LogP contribution in [-0.4, -0.2) is 190 Å². The number of carbonyl (C=O) groups excluding carboxylic acids is 4. The number of likely N-dealkylation sites (N-methyl/N-ethyl adjacent to an activating group) is 1. The van der Waals surface area contributed by atoms with Gasteiger partial charge in [-0.05, 0) is 283 Å². The minimum atomic E-state index is -0.554. The Morgan fingerprint density at radius 1 is 0.448 bits per heavy atom. The van der Waals surface area contributed by atoms with Gasteiger partial charge in [-0.25, -0.2) is 4.79 Å². The van der Waals surface area contributed by atoms with Crippen molar-refractivity contribution in [3.8, 4) is 0 Å². The van der Waals surface area contributed by atoms with E-state index in [1.807, 2.05) is 122 Å². The fourth-order valence-electron chi connectivity index (χ4n) is 16.6. The summed E-state index contributed by atoms with van der Waals surface area (Å²) < 4.78 is 10.4. The quantitative estimate of drug-likeness (QED) is 0.0212. The number of hydrogen-bond acceptors (Lipinski definition) is 12. The van der Waals surface area contributed by atoms with E-state index in [2.05, 4.69) is 191 Å². The number of piperidine rings is 4. The Labute approximate surface area is 789 Å². The van der Waals surface area contributed by atoms with Gasteiger partial charge in [0.15, 0.2) is 17.4 Å². The molecule has 0 bridgehead atoms. The molecule has 9 N–H and O–H groups in total. The molecule has 4 amide bonds. The molecule has 125 heavy (non-hydrogen) atoms. The third-order valence-electron chi connectivity index (χ3n) is 23.6. The molecule has 0 aromatic heterocycles. The molecule has 5 aliphatic heterocycles. The average Bonchev–Trinajstić information content (AvgIpc) is 0.910. The first-order valence-corrected chi connectivity index (χ1v) is 45.9. The number of likely N-dealkylation sites (tertiary alicyclic amines) is 3. The summed E-state index contributed by atoms with van der Waals surface area (Å²) in [6, 6.07) is 84.4. The first kappa shape index (κ1) is 110.